The molecular formula is C22H23FN8. The second-order valence-electron chi connectivity index (χ2n) is 7.92. The number of anilines is 2. The quantitative estimate of drug-likeness (QED) is 0.448. The lowest BCUT2D eigenvalue weighted by molar-refractivity contribution is 0.426. The first-order valence-electron chi connectivity index (χ1n) is 10.4. The molecule has 1 aliphatic carbocycles. The third-order valence-corrected chi connectivity index (χ3v) is 5.64. The first-order chi connectivity index (χ1) is 15.2. The molecule has 158 valence electrons. The number of halogens is 1. The van der Waals surface area contributed by atoms with Gasteiger partial charge in [0.15, 0.2) is 5.82 Å². The van der Waals surface area contributed by atoms with E-state index in [4.69, 9.17) is 4.98 Å². The maximum Gasteiger partial charge on any atom is 0.163 e. The number of fused-ring (bicyclic) bond motifs is 1. The third-order valence-electron chi connectivity index (χ3n) is 5.64. The zero-order chi connectivity index (χ0) is 21.2. The number of aromatic amines is 1. The molecule has 4 aromatic heterocycles. The predicted octanol–water partition coefficient (Wildman–Crippen LogP) is 4.09. The highest BCUT2D eigenvalue weighted by Crippen LogP contribution is 2.29. The monoisotopic (exact) mass is 418 g/mol. The van der Waals surface area contributed by atoms with E-state index in [-0.39, 0.29) is 11.9 Å². The lowest BCUT2D eigenvalue weighted by Gasteiger charge is -2.31. The molecule has 0 aromatic carbocycles. The maximum atomic E-state index is 13.7. The van der Waals surface area contributed by atoms with Crippen LogP contribution in [0.4, 0.5) is 16.0 Å². The molecule has 1 fully saturated rings. The average Bonchev–Trinajstić information content (AvgIpc) is 3.19. The van der Waals surface area contributed by atoms with Crippen LogP contribution in [-0.4, -0.2) is 42.0 Å². The summed E-state index contributed by atoms with van der Waals surface area (Å²) in [5.41, 5.74) is 2.31. The molecule has 3 N–H and O–H groups in total. The third kappa shape index (κ3) is 4.16. The SMILES string of the molecule is Cc1cnc(-c2c[nH]c3ncc(F)cc23)nc1NC1CCC[C@@H](Nc2cnccn2)C1. The van der Waals surface area contributed by atoms with Crippen LogP contribution in [0.3, 0.4) is 0 Å². The lowest BCUT2D eigenvalue weighted by atomic mass is 9.91. The molecule has 0 saturated heterocycles. The van der Waals surface area contributed by atoms with Crippen molar-refractivity contribution >= 4 is 22.7 Å². The largest absolute Gasteiger partial charge is 0.367 e. The highest BCUT2D eigenvalue weighted by molar-refractivity contribution is 5.91. The van der Waals surface area contributed by atoms with Crippen molar-refractivity contribution in [2.75, 3.05) is 10.6 Å². The summed E-state index contributed by atoms with van der Waals surface area (Å²) in [5.74, 6) is 1.75. The number of rotatable bonds is 5. The Hall–Kier alpha value is -3.62. The standard InChI is InChI=1S/C22H23FN8/c1-13-9-26-22(18-11-28-21-17(18)7-14(23)10-27-21)31-20(13)30-16-4-2-3-15(8-16)29-19-12-24-5-6-25-19/h5-7,9-12,15-16H,2-4,8H2,1H3,(H,25,29)(H,27,28)(H,26,30,31)/t15-,16?/m1/s1. The normalized spacial score (nSPS) is 18.8. The summed E-state index contributed by atoms with van der Waals surface area (Å²) in [6.07, 6.45) is 14.1. The molecule has 1 aliphatic rings. The summed E-state index contributed by atoms with van der Waals surface area (Å²) in [5, 5.41) is 7.74. The first-order valence-corrected chi connectivity index (χ1v) is 10.4. The fourth-order valence-corrected chi connectivity index (χ4v) is 4.11. The van der Waals surface area contributed by atoms with E-state index in [0.29, 0.717) is 22.9 Å². The summed E-state index contributed by atoms with van der Waals surface area (Å²) in [6.45, 7) is 1.99. The Morgan fingerprint density at radius 2 is 1.90 bits per heavy atom. The zero-order valence-electron chi connectivity index (χ0n) is 17.1. The molecule has 0 amide bonds. The Kier molecular flexibility index (Phi) is 5.15. The van der Waals surface area contributed by atoms with Gasteiger partial charge < -0.3 is 15.6 Å². The van der Waals surface area contributed by atoms with Gasteiger partial charge in [0.25, 0.3) is 0 Å². The van der Waals surface area contributed by atoms with Gasteiger partial charge in [-0.25, -0.2) is 24.3 Å². The van der Waals surface area contributed by atoms with Crippen LogP contribution in [0.15, 0.2) is 43.2 Å². The number of nitrogens with zero attached hydrogens (tertiary/aromatic N) is 5. The molecule has 31 heavy (non-hydrogen) atoms. The van der Waals surface area contributed by atoms with E-state index in [2.05, 4.69) is 35.6 Å². The molecule has 1 saturated carbocycles. The van der Waals surface area contributed by atoms with Gasteiger partial charge in [-0.1, -0.05) is 0 Å². The van der Waals surface area contributed by atoms with Gasteiger partial charge in [0.2, 0.25) is 0 Å². The molecule has 5 rings (SSSR count). The van der Waals surface area contributed by atoms with Crippen LogP contribution in [0, 0.1) is 12.7 Å². The molecule has 0 bridgehead atoms. The molecule has 1 unspecified atom stereocenters. The Labute approximate surface area is 178 Å². The van der Waals surface area contributed by atoms with E-state index >= 15 is 0 Å². The minimum Gasteiger partial charge on any atom is -0.367 e. The molecule has 2 atom stereocenters. The van der Waals surface area contributed by atoms with Crippen LogP contribution in [-0.2, 0) is 0 Å². The minimum atomic E-state index is -0.386. The Bertz CT molecular complexity index is 1190. The highest BCUT2D eigenvalue weighted by Gasteiger charge is 2.23. The lowest BCUT2D eigenvalue weighted by Crippen LogP contribution is -2.35. The van der Waals surface area contributed by atoms with Crippen LogP contribution in [0.1, 0.15) is 31.2 Å². The Morgan fingerprint density at radius 1 is 1.03 bits per heavy atom. The van der Waals surface area contributed by atoms with E-state index in [9.17, 15) is 4.39 Å². The van der Waals surface area contributed by atoms with Crippen molar-refractivity contribution in [2.45, 2.75) is 44.7 Å². The molecule has 0 aliphatic heterocycles. The molecule has 4 aromatic rings. The van der Waals surface area contributed by atoms with Crippen molar-refractivity contribution in [3.8, 4) is 11.4 Å². The van der Waals surface area contributed by atoms with Crippen molar-refractivity contribution in [1.82, 2.24) is 29.9 Å². The molecule has 0 radical (unpaired) electrons. The van der Waals surface area contributed by atoms with E-state index in [1.54, 1.807) is 31.0 Å². The van der Waals surface area contributed by atoms with Crippen LogP contribution in [0.2, 0.25) is 0 Å². The molecule has 0 spiro atoms. The van der Waals surface area contributed by atoms with Crippen molar-refractivity contribution in [2.24, 2.45) is 0 Å². The van der Waals surface area contributed by atoms with Gasteiger partial charge in [0, 0.05) is 53.4 Å². The number of hydrogen-bond donors (Lipinski definition) is 3. The summed E-state index contributed by atoms with van der Waals surface area (Å²) >= 11 is 0. The molecular weight excluding hydrogens is 395 g/mol. The predicted molar refractivity (Wildman–Crippen MR) is 117 cm³/mol. The van der Waals surface area contributed by atoms with Crippen molar-refractivity contribution in [3.63, 3.8) is 0 Å². The van der Waals surface area contributed by atoms with E-state index < -0.39 is 0 Å². The summed E-state index contributed by atoms with van der Waals surface area (Å²) in [7, 11) is 0. The topological polar surface area (TPSA) is 104 Å². The van der Waals surface area contributed by atoms with Gasteiger partial charge in [0.1, 0.15) is 23.1 Å². The summed E-state index contributed by atoms with van der Waals surface area (Å²) in [4.78, 5) is 24.8. The van der Waals surface area contributed by atoms with E-state index in [1.165, 1.54) is 12.3 Å². The van der Waals surface area contributed by atoms with E-state index in [0.717, 1.165) is 48.4 Å². The van der Waals surface area contributed by atoms with Crippen LogP contribution >= 0.6 is 0 Å². The van der Waals surface area contributed by atoms with Gasteiger partial charge >= 0.3 is 0 Å². The molecule has 8 nitrogen and oxygen atoms in total. The second-order valence-corrected chi connectivity index (χ2v) is 7.92. The molecule has 4 heterocycles. The van der Waals surface area contributed by atoms with Gasteiger partial charge in [-0.05, 0) is 38.7 Å². The number of aryl methyl sites for hydroxylation is 1. The van der Waals surface area contributed by atoms with Gasteiger partial charge in [-0.3, -0.25) is 4.98 Å². The number of H-pyrrole nitrogens is 1. The highest BCUT2D eigenvalue weighted by atomic mass is 19.1. The van der Waals surface area contributed by atoms with Crippen molar-refractivity contribution in [3.05, 3.63) is 54.6 Å². The van der Waals surface area contributed by atoms with E-state index in [1.807, 2.05) is 6.92 Å². The minimum absolute atomic E-state index is 0.284. The smallest absolute Gasteiger partial charge is 0.163 e. The van der Waals surface area contributed by atoms with Gasteiger partial charge in [0.05, 0.1) is 12.4 Å². The fraction of sp³-hybridized carbons (Fsp3) is 0.318. The average molecular weight is 418 g/mol. The van der Waals surface area contributed by atoms with Crippen LogP contribution in [0.5, 0.6) is 0 Å². The van der Waals surface area contributed by atoms with Crippen molar-refractivity contribution in [1.29, 1.82) is 0 Å². The Morgan fingerprint density at radius 3 is 2.74 bits per heavy atom. The number of aromatic nitrogens is 6. The number of hydrogen-bond acceptors (Lipinski definition) is 7. The number of pyridine rings is 1. The van der Waals surface area contributed by atoms with Gasteiger partial charge in [-0.2, -0.15) is 0 Å². The van der Waals surface area contributed by atoms with Crippen LogP contribution in [0.25, 0.3) is 22.4 Å². The fourth-order valence-electron chi connectivity index (χ4n) is 4.11. The number of nitrogens with one attached hydrogen (secondary N) is 3. The van der Waals surface area contributed by atoms with Crippen LogP contribution < -0.4 is 10.6 Å². The molecule has 9 heteroatoms. The van der Waals surface area contributed by atoms with Gasteiger partial charge in [-0.15, -0.1) is 0 Å². The maximum absolute atomic E-state index is 13.7. The second kappa shape index (κ2) is 8.25. The Balaban J connectivity index is 1.35. The zero-order valence-corrected chi connectivity index (χ0v) is 17.1. The summed E-state index contributed by atoms with van der Waals surface area (Å²) < 4.78 is 13.7. The summed E-state index contributed by atoms with van der Waals surface area (Å²) in [6, 6.07) is 2.06. The first kappa shape index (κ1) is 19.3. The van der Waals surface area contributed by atoms with Crippen molar-refractivity contribution < 1.29 is 4.39 Å².